The van der Waals surface area contributed by atoms with E-state index < -0.39 is 21.0 Å². The van der Waals surface area contributed by atoms with Crippen molar-refractivity contribution in [2.75, 3.05) is 0 Å². The Bertz CT molecular complexity index is 480. The number of benzene rings is 1. The van der Waals surface area contributed by atoms with Crippen LogP contribution in [-0.2, 0) is 14.9 Å². The summed E-state index contributed by atoms with van der Waals surface area (Å²) in [6.07, 6.45) is 0. The van der Waals surface area contributed by atoms with Gasteiger partial charge in [0.25, 0.3) is 0 Å². The lowest BCUT2D eigenvalue weighted by atomic mass is 10.3. The van der Waals surface area contributed by atoms with Crippen molar-refractivity contribution in [1.29, 1.82) is 0 Å². The third kappa shape index (κ3) is 2.31. The standard InChI is InChI=1S/C9H10O6S/c1-9(8(10)11,16(12,13)14)15-7-5-3-2-4-6-7/h2-6H,1H3,(H,10,11)(H,12,13,14). The van der Waals surface area contributed by atoms with E-state index in [1.807, 2.05) is 0 Å². The summed E-state index contributed by atoms with van der Waals surface area (Å²) < 4.78 is 35.5. The number of carbonyl (C=O) groups is 1. The molecule has 1 unspecified atom stereocenters. The van der Waals surface area contributed by atoms with E-state index in [1.54, 1.807) is 18.2 Å². The van der Waals surface area contributed by atoms with Gasteiger partial charge in [-0.25, -0.2) is 4.79 Å². The summed E-state index contributed by atoms with van der Waals surface area (Å²) in [5.74, 6) is -1.76. The first-order chi connectivity index (χ1) is 7.27. The van der Waals surface area contributed by atoms with Crippen molar-refractivity contribution in [3.8, 4) is 5.75 Å². The third-order valence-corrected chi connectivity index (χ3v) is 3.18. The monoisotopic (exact) mass is 246 g/mol. The predicted molar refractivity (Wildman–Crippen MR) is 54.7 cm³/mol. The van der Waals surface area contributed by atoms with Gasteiger partial charge in [0.15, 0.2) is 0 Å². The van der Waals surface area contributed by atoms with E-state index in [1.165, 1.54) is 12.1 Å². The van der Waals surface area contributed by atoms with Crippen molar-refractivity contribution < 1.29 is 27.6 Å². The molecule has 0 heterocycles. The van der Waals surface area contributed by atoms with Crippen LogP contribution >= 0.6 is 0 Å². The van der Waals surface area contributed by atoms with Crippen LogP contribution < -0.4 is 4.74 Å². The van der Waals surface area contributed by atoms with Crippen LogP contribution in [0.4, 0.5) is 0 Å². The van der Waals surface area contributed by atoms with Gasteiger partial charge in [-0.15, -0.1) is 0 Å². The zero-order chi connectivity index (χ0) is 12.4. The van der Waals surface area contributed by atoms with Crippen LogP contribution in [0, 0.1) is 0 Å². The summed E-state index contributed by atoms with van der Waals surface area (Å²) in [5.41, 5.74) is 0. The summed E-state index contributed by atoms with van der Waals surface area (Å²) in [6.45, 7) is 0.762. The average molecular weight is 246 g/mol. The molecule has 6 nitrogen and oxygen atoms in total. The zero-order valence-corrected chi connectivity index (χ0v) is 9.14. The summed E-state index contributed by atoms with van der Waals surface area (Å²) in [4.78, 5) is 8.09. The lowest BCUT2D eigenvalue weighted by Crippen LogP contribution is -2.48. The molecule has 2 N–H and O–H groups in total. The van der Waals surface area contributed by atoms with E-state index >= 15 is 0 Å². The molecule has 0 spiro atoms. The fourth-order valence-electron chi connectivity index (χ4n) is 0.920. The molecule has 0 amide bonds. The Morgan fingerprint density at radius 1 is 1.31 bits per heavy atom. The van der Waals surface area contributed by atoms with E-state index in [-0.39, 0.29) is 5.75 Å². The summed E-state index contributed by atoms with van der Waals surface area (Å²) >= 11 is 0. The van der Waals surface area contributed by atoms with Gasteiger partial charge in [0, 0.05) is 6.92 Å². The van der Waals surface area contributed by atoms with Gasteiger partial charge in [0.2, 0.25) is 0 Å². The number of carboxylic acid groups (broad SMARTS) is 1. The first-order valence-electron chi connectivity index (χ1n) is 4.22. The number of ether oxygens (including phenoxy) is 1. The molecule has 0 radical (unpaired) electrons. The molecular formula is C9H10O6S. The van der Waals surface area contributed by atoms with E-state index in [2.05, 4.69) is 0 Å². The number of hydrogen-bond donors (Lipinski definition) is 2. The molecule has 7 heteroatoms. The second-order valence-corrected chi connectivity index (χ2v) is 4.87. The number of hydrogen-bond acceptors (Lipinski definition) is 4. The maximum absolute atomic E-state index is 10.9. The average Bonchev–Trinajstić information content (AvgIpc) is 2.17. The Labute approximate surface area is 92.2 Å². The third-order valence-electron chi connectivity index (χ3n) is 1.94. The maximum Gasteiger partial charge on any atom is 0.366 e. The molecule has 0 aliphatic heterocycles. The van der Waals surface area contributed by atoms with Crippen molar-refractivity contribution in [2.45, 2.75) is 11.9 Å². The van der Waals surface area contributed by atoms with Crippen molar-refractivity contribution >= 4 is 16.1 Å². The molecule has 0 aromatic heterocycles. The van der Waals surface area contributed by atoms with Gasteiger partial charge >= 0.3 is 21.0 Å². The Morgan fingerprint density at radius 3 is 2.19 bits per heavy atom. The molecule has 1 aromatic rings. The lowest BCUT2D eigenvalue weighted by Gasteiger charge is -2.22. The van der Waals surface area contributed by atoms with E-state index in [9.17, 15) is 13.2 Å². The Kier molecular flexibility index (Phi) is 3.20. The molecule has 0 bridgehead atoms. The molecule has 0 saturated heterocycles. The van der Waals surface area contributed by atoms with Crippen LogP contribution in [-0.4, -0.2) is 29.0 Å². The largest absolute Gasteiger partial charge is 0.477 e. The van der Waals surface area contributed by atoms with Gasteiger partial charge in [0.1, 0.15) is 5.75 Å². The predicted octanol–water partition coefficient (Wildman–Crippen LogP) is 0.754. The van der Waals surface area contributed by atoms with Crippen molar-refractivity contribution in [3.05, 3.63) is 30.3 Å². The smallest absolute Gasteiger partial charge is 0.366 e. The van der Waals surface area contributed by atoms with Gasteiger partial charge in [-0.05, 0) is 12.1 Å². The molecule has 88 valence electrons. The van der Waals surface area contributed by atoms with Gasteiger partial charge < -0.3 is 9.84 Å². The minimum absolute atomic E-state index is 0.0324. The fraction of sp³-hybridized carbons (Fsp3) is 0.222. The number of rotatable bonds is 4. The molecule has 0 fully saturated rings. The Hall–Kier alpha value is -1.60. The first-order valence-corrected chi connectivity index (χ1v) is 5.66. The second-order valence-electron chi connectivity index (χ2n) is 3.14. The van der Waals surface area contributed by atoms with Crippen LogP contribution in [0.2, 0.25) is 0 Å². The molecule has 0 saturated carbocycles. The maximum atomic E-state index is 10.9. The van der Waals surface area contributed by atoms with Crippen LogP contribution in [0.3, 0.4) is 0 Å². The topological polar surface area (TPSA) is 101 Å². The summed E-state index contributed by atoms with van der Waals surface area (Å²) in [7, 11) is -4.88. The quantitative estimate of drug-likeness (QED) is 0.760. The van der Waals surface area contributed by atoms with Gasteiger partial charge in [-0.3, -0.25) is 4.55 Å². The highest BCUT2D eigenvalue weighted by Crippen LogP contribution is 2.22. The SMILES string of the molecule is CC(Oc1ccccc1)(C(=O)O)S(=O)(=O)O. The molecule has 16 heavy (non-hydrogen) atoms. The lowest BCUT2D eigenvalue weighted by molar-refractivity contribution is -0.147. The first kappa shape index (κ1) is 12.5. The summed E-state index contributed by atoms with van der Waals surface area (Å²) in [5, 5.41) is 8.77. The number of aliphatic carboxylic acids is 1. The summed E-state index contributed by atoms with van der Waals surface area (Å²) in [6, 6.07) is 7.50. The van der Waals surface area contributed by atoms with Gasteiger partial charge in [-0.1, -0.05) is 18.2 Å². The molecule has 0 aliphatic rings. The Balaban J connectivity index is 3.13. The normalized spacial score (nSPS) is 15.1. The zero-order valence-electron chi connectivity index (χ0n) is 8.32. The molecule has 1 rings (SSSR count). The minimum Gasteiger partial charge on any atom is -0.477 e. The van der Waals surface area contributed by atoms with Crippen LogP contribution in [0.5, 0.6) is 5.75 Å². The highest BCUT2D eigenvalue weighted by atomic mass is 32.2. The number of carboxylic acids is 1. The highest BCUT2D eigenvalue weighted by Gasteiger charge is 2.49. The van der Waals surface area contributed by atoms with Crippen LogP contribution in [0.15, 0.2) is 30.3 Å². The van der Waals surface area contributed by atoms with E-state index in [4.69, 9.17) is 14.4 Å². The van der Waals surface area contributed by atoms with Crippen molar-refractivity contribution in [2.24, 2.45) is 0 Å². The van der Waals surface area contributed by atoms with Crippen LogP contribution in [0.1, 0.15) is 6.92 Å². The van der Waals surface area contributed by atoms with Gasteiger partial charge in [-0.2, -0.15) is 8.42 Å². The molecule has 1 aromatic carbocycles. The molecule has 0 aliphatic carbocycles. The molecular weight excluding hydrogens is 236 g/mol. The van der Waals surface area contributed by atoms with Crippen molar-refractivity contribution in [1.82, 2.24) is 0 Å². The Morgan fingerprint density at radius 2 is 1.81 bits per heavy atom. The fourth-order valence-corrected chi connectivity index (χ4v) is 1.34. The van der Waals surface area contributed by atoms with E-state index in [0.717, 1.165) is 6.92 Å². The van der Waals surface area contributed by atoms with Crippen LogP contribution in [0.25, 0.3) is 0 Å². The molecule has 1 atom stereocenters. The minimum atomic E-state index is -4.88. The van der Waals surface area contributed by atoms with E-state index in [0.29, 0.717) is 0 Å². The second kappa shape index (κ2) is 4.11. The van der Waals surface area contributed by atoms with Crippen molar-refractivity contribution in [3.63, 3.8) is 0 Å². The highest BCUT2D eigenvalue weighted by molar-refractivity contribution is 7.87. The van der Waals surface area contributed by atoms with Gasteiger partial charge in [0.05, 0.1) is 0 Å². The number of para-hydroxylation sites is 1.